The lowest BCUT2D eigenvalue weighted by atomic mass is 10.2. The van der Waals surface area contributed by atoms with Crippen LogP contribution >= 0.6 is 11.3 Å². The Bertz CT molecular complexity index is 1050. The van der Waals surface area contributed by atoms with Crippen LogP contribution in [0.15, 0.2) is 47.3 Å². The second-order valence-corrected chi connectivity index (χ2v) is 8.36. The fourth-order valence-corrected chi connectivity index (χ4v) is 4.84. The summed E-state index contributed by atoms with van der Waals surface area (Å²) in [6, 6.07) is 12.6. The number of fused-ring (bicyclic) bond motifs is 1. The van der Waals surface area contributed by atoms with E-state index >= 15 is 0 Å². The number of anilines is 1. The second-order valence-electron chi connectivity index (χ2n) is 5.64. The van der Waals surface area contributed by atoms with Crippen LogP contribution in [0.3, 0.4) is 0 Å². The quantitative estimate of drug-likeness (QED) is 0.757. The average Bonchev–Trinajstić information content (AvgIpc) is 2.80. The summed E-state index contributed by atoms with van der Waals surface area (Å²) in [5.41, 5.74) is 3.06. The van der Waals surface area contributed by atoms with Crippen LogP contribution in [0.1, 0.15) is 18.1 Å². The van der Waals surface area contributed by atoms with Crippen LogP contribution in [0, 0.1) is 6.92 Å². The molecular formula is C17H18N2O3S2. The molecule has 1 N–H and O–H groups in total. The number of benzene rings is 2. The van der Waals surface area contributed by atoms with Crippen molar-refractivity contribution < 1.29 is 8.42 Å². The highest BCUT2D eigenvalue weighted by Gasteiger charge is 2.13. The number of sulfonamides is 1. The maximum Gasteiger partial charge on any atom is 0.308 e. The number of hydrogen-bond acceptors (Lipinski definition) is 4. The van der Waals surface area contributed by atoms with Gasteiger partial charge in [0.05, 0.1) is 21.7 Å². The van der Waals surface area contributed by atoms with Crippen molar-refractivity contribution in [3.05, 3.63) is 63.3 Å². The van der Waals surface area contributed by atoms with E-state index in [4.69, 9.17) is 0 Å². The van der Waals surface area contributed by atoms with Gasteiger partial charge in [-0.25, -0.2) is 8.42 Å². The molecule has 0 saturated carbocycles. The first-order valence-corrected chi connectivity index (χ1v) is 10.0. The summed E-state index contributed by atoms with van der Waals surface area (Å²) in [5, 5.41) is 0. The summed E-state index contributed by atoms with van der Waals surface area (Å²) in [6.45, 7) is 4.43. The van der Waals surface area contributed by atoms with E-state index in [1.54, 1.807) is 28.8 Å². The van der Waals surface area contributed by atoms with Crippen molar-refractivity contribution in [3.8, 4) is 0 Å². The zero-order chi connectivity index (χ0) is 17.3. The van der Waals surface area contributed by atoms with Crippen LogP contribution < -0.4 is 9.60 Å². The maximum absolute atomic E-state index is 12.4. The fourth-order valence-electron chi connectivity index (χ4n) is 2.67. The van der Waals surface area contributed by atoms with E-state index in [1.807, 2.05) is 32.0 Å². The van der Waals surface area contributed by atoms with Gasteiger partial charge >= 0.3 is 4.87 Å². The molecule has 0 spiro atoms. The third-order valence-corrected chi connectivity index (χ3v) is 5.90. The smallest absolute Gasteiger partial charge is 0.299 e. The lowest BCUT2D eigenvalue weighted by Crippen LogP contribution is -2.15. The first-order chi connectivity index (χ1) is 11.4. The molecule has 126 valence electrons. The lowest BCUT2D eigenvalue weighted by Gasteiger charge is -2.09. The summed E-state index contributed by atoms with van der Waals surface area (Å²) in [5.74, 6) is -0.0844. The summed E-state index contributed by atoms with van der Waals surface area (Å²) in [7, 11) is -3.51. The van der Waals surface area contributed by atoms with Gasteiger partial charge in [-0.05, 0) is 37.6 Å². The van der Waals surface area contributed by atoms with E-state index < -0.39 is 10.0 Å². The molecule has 2 aromatic carbocycles. The van der Waals surface area contributed by atoms with E-state index in [0.29, 0.717) is 12.2 Å². The molecule has 0 aliphatic carbocycles. The molecule has 0 radical (unpaired) electrons. The zero-order valence-electron chi connectivity index (χ0n) is 13.4. The molecule has 0 atom stereocenters. The normalized spacial score (nSPS) is 11.8. The van der Waals surface area contributed by atoms with Crippen molar-refractivity contribution in [1.82, 2.24) is 4.57 Å². The van der Waals surface area contributed by atoms with Gasteiger partial charge in [0.2, 0.25) is 10.0 Å². The number of hydrogen-bond donors (Lipinski definition) is 1. The van der Waals surface area contributed by atoms with Gasteiger partial charge in [-0.15, -0.1) is 0 Å². The van der Waals surface area contributed by atoms with Crippen LogP contribution in [0.4, 0.5) is 5.69 Å². The summed E-state index contributed by atoms with van der Waals surface area (Å²) in [6.07, 6.45) is 0. The van der Waals surface area contributed by atoms with Crippen molar-refractivity contribution in [2.45, 2.75) is 26.1 Å². The Hall–Kier alpha value is -2.12. The molecule has 1 aromatic heterocycles. The van der Waals surface area contributed by atoms with Gasteiger partial charge in [0, 0.05) is 6.54 Å². The molecule has 0 fully saturated rings. The van der Waals surface area contributed by atoms with Crippen molar-refractivity contribution in [3.63, 3.8) is 0 Å². The van der Waals surface area contributed by atoms with Crippen LogP contribution in [0.25, 0.3) is 10.2 Å². The molecule has 5 nitrogen and oxygen atoms in total. The number of aryl methyl sites for hydroxylation is 2. The Labute approximate surface area is 144 Å². The molecule has 7 heteroatoms. The topological polar surface area (TPSA) is 68.2 Å². The van der Waals surface area contributed by atoms with E-state index in [9.17, 15) is 13.2 Å². The Morgan fingerprint density at radius 2 is 1.96 bits per heavy atom. The molecule has 0 bridgehead atoms. The predicted octanol–water partition coefficient (Wildman–Crippen LogP) is 3.33. The Kier molecular flexibility index (Phi) is 4.47. The van der Waals surface area contributed by atoms with Crippen molar-refractivity contribution in [2.75, 3.05) is 4.72 Å². The largest absolute Gasteiger partial charge is 0.308 e. The molecule has 3 aromatic rings. The van der Waals surface area contributed by atoms with Gasteiger partial charge in [0.25, 0.3) is 0 Å². The number of nitrogens with one attached hydrogen (secondary N) is 1. The minimum absolute atomic E-state index is 0.0349. The Balaban J connectivity index is 1.87. The van der Waals surface area contributed by atoms with Gasteiger partial charge in [-0.2, -0.15) is 0 Å². The van der Waals surface area contributed by atoms with E-state index in [1.165, 1.54) is 0 Å². The monoisotopic (exact) mass is 362 g/mol. The van der Waals surface area contributed by atoms with Crippen LogP contribution in [0.2, 0.25) is 0 Å². The van der Waals surface area contributed by atoms with Gasteiger partial charge in [-0.3, -0.25) is 14.1 Å². The highest BCUT2D eigenvalue weighted by molar-refractivity contribution is 7.91. The van der Waals surface area contributed by atoms with Gasteiger partial charge in [0.1, 0.15) is 0 Å². The molecule has 0 aliphatic rings. The highest BCUT2D eigenvalue weighted by Crippen LogP contribution is 2.23. The van der Waals surface area contributed by atoms with E-state index in [0.717, 1.165) is 32.7 Å². The lowest BCUT2D eigenvalue weighted by molar-refractivity contribution is 0.600. The summed E-state index contributed by atoms with van der Waals surface area (Å²) < 4.78 is 29.8. The first-order valence-electron chi connectivity index (χ1n) is 7.57. The van der Waals surface area contributed by atoms with Crippen LogP contribution in [-0.2, 0) is 22.3 Å². The van der Waals surface area contributed by atoms with E-state index in [-0.39, 0.29) is 10.6 Å². The Morgan fingerprint density at radius 3 is 2.67 bits per heavy atom. The van der Waals surface area contributed by atoms with Gasteiger partial charge in [0.15, 0.2) is 0 Å². The second kappa shape index (κ2) is 6.41. The van der Waals surface area contributed by atoms with Gasteiger partial charge < -0.3 is 0 Å². The fraction of sp³-hybridized carbons (Fsp3) is 0.235. The number of aromatic nitrogens is 1. The molecule has 24 heavy (non-hydrogen) atoms. The van der Waals surface area contributed by atoms with Crippen molar-refractivity contribution in [2.24, 2.45) is 0 Å². The number of rotatable bonds is 5. The minimum atomic E-state index is -3.51. The molecule has 0 unspecified atom stereocenters. The summed E-state index contributed by atoms with van der Waals surface area (Å²) in [4.78, 5) is 11.8. The standard InChI is InChI=1S/C17H18N2O3S2/c1-3-19-15-8-7-14(10-16(15)23-17(19)20)18-24(21,22)11-13-6-4-5-12(2)9-13/h4-10,18H,3,11H2,1-2H3. The predicted molar refractivity (Wildman–Crippen MR) is 99.2 cm³/mol. The van der Waals surface area contributed by atoms with E-state index in [2.05, 4.69) is 4.72 Å². The van der Waals surface area contributed by atoms with Crippen LogP contribution in [-0.4, -0.2) is 13.0 Å². The molecular weight excluding hydrogens is 344 g/mol. The van der Waals surface area contributed by atoms with Crippen molar-refractivity contribution >= 4 is 37.3 Å². The van der Waals surface area contributed by atoms with Crippen LogP contribution in [0.5, 0.6) is 0 Å². The third-order valence-electron chi connectivity index (χ3n) is 3.70. The van der Waals surface area contributed by atoms with Gasteiger partial charge in [-0.1, -0.05) is 41.2 Å². The zero-order valence-corrected chi connectivity index (χ0v) is 15.1. The summed E-state index contributed by atoms with van der Waals surface area (Å²) >= 11 is 1.12. The molecule has 3 rings (SSSR count). The minimum Gasteiger partial charge on any atom is -0.299 e. The average molecular weight is 362 g/mol. The Morgan fingerprint density at radius 1 is 1.17 bits per heavy atom. The molecule has 1 heterocycles. The SMILES string of the molecule is CCn1c(=O)sc2cc(NS(=O)(=O)Cc3cccc(C)c3)ccc21. The maximum atomic E-state index is 12.4. The molecule has 0 saturated heterocycles. The third kappa shape index (κ3) is 3.52. The highest BCUT2D eigenvalue weighted by atomic mass is 32.2. The molecule has 0 aliphatic heterocycles. The molecule has 0 amide bonds. The van der Waals surface area contributed by atoms with Crippen molar-refractivity contribution in [1.29, 1.82) is 0 Å². The first kappa shape index (κ1) is 16.7. The number of nitrogens with zero attached hydrogens (tertiary/aromatic N) is 1. The number of thiazole rings is 1.